The van der Waals surface area contributed by atoms with Crippen molar-refractivity contribution in [2.45, 2.75) is 38.1 Å². The van der Waals surface area contributed by atoms with Crippen molar-refractivity contribution in [2.24, 2.45) is 5.11 Å². The minimum absolute atomic E-state index is 0.157. The summed E-state index contributed by atoms with van der Waals surface area (Å²) in [5.74, 6) is -1.94. The molecule has 1 atom stereocenters. The molecule has 11 heteroatoms. The molecule has 0 aromatic carbocycles. The van der Waals surface area contributed by atoms with E-state index in [4.69, 9.17) is 10.3 Å². The highest BCUT2D eigenvalue weighted by molar-refractivity contribution is 5.80. The lowest BCUT2D eigenvalue weighted by Crippen LogP contribution is -2.47. The van der Waals surface area contributed by atoms with Gasteiger partial charge in [-0.2, -0.15) is 0 Å². The lowest BCUT2D eigenvalue weighted by molar-refractivity contribution is -0.153. The van der Waals surface area contributed by atoms with Crippen LogP contribution in [0.1, 0.15) is 32.1 Å². The highest BCUT2D eigenvalue weighted by Gasteiger charge is 2.30. The molecule has 0 bridgehead atoms. The Labute approximate surface area is 157 Å². The molecule has 0 N–H and O–H groups in total. The predicted molar refractivity (Wildman–Crippen MR) is 93.5 cm³/mol. The summed E-state index contributed by atoms with van der Waals surface area (Å²) in [4.78, 5) is 50.6. The average molecular weight is 386 g/mol. The topological polar surface area (TPSA) is 148 Å². The first-order valence-corrected chi connectivity index (χ1v) is 8.37. The smallest absolute Gasteiger partial charge is 0.323 e. The van der Waals surface area contributed by atoms with Crippen LogP contribution in [0.3, 0.4) is 0 Å². The van der Waals surface area contributed by atoms with Gasteiger partial charge in [0.05, 0.1) is 41.0 Å². The zero-order valence-corrected chi connectivity index (χ0v) is 15.9. The second-order valence-electron chi connectivity index (χ2n) is 5.62. The lowest BCUT2D eigenvalue weighted by Gasteiger charge is -2.27. The van der Waals surface area contributed by atoms with Crippen LogP contribution in [0.25, 0.3) is 10.4 Å². The molecule has 0 radical (unpaired) electrons. The zero-order chi connectivity index (χ0) is 20.7. The number of nitrogens with zero attached hydrogens (tertiary/aromatic N) is 4. The standard InChI is InChI=1S/C16H26N4O7/c1-25-14(22)10-20(11-15(23)26-2)13(16(24)27-3)8-6-4-5-7-12(21)9-18-19-17/h13H,4-11H2,1-3H3/t13-/m0/s1. The summed E-state index contributed by atoms with van der Waals surface area (Å²) in [6.45, 7) is -0.709. The van der Waals surface area contributed by atoms with E-state index in [-0.39, 0.29) is 31.8 Å². The minimum Gasteiger partial charge on any atom is -0.468 e. The maximum absolute atomic E-state index is 12.1. The molecule has 0 saturated carbocycles. The van der Waals surface area contributed by atoms with Crippen LogP contribution in [-0.2, 0) is 33.4 Å². The number of rotatable bonds is 14. The largest absolute Gasteiger partial charge is 0.468 e. The van der Waals surface area contributed by atoms with Gasteiger partial charge in [-0.3, -0.25) is 24.1 Å². The number of carbonyl (C=O) groups is 4. The Hall–Kier alpha value is -2.65. The molecule has 0 saturated heterocycles. The molecule has 0 aliphatic carbocycles. The fourth-order valence-corrected chi connectivity index (χ4v) is 2.35. The van der Waals surface area contributed by atoms with E-state index in [1.807, 2.05) is 0 Å². The third-order valence-corrected chi connectivity index (χ3v) is 3.78. The Bertz CT molecular complexity index is 543. The number of azide groups is 1. The van der Waals surface area contributed by atoms with Gasteiger partial charge >= 0.3 is 17.9 Å². The number of carbonyl (C=O) groups excluding carboxylic acids is 4. The molecular formula is C16H26N4O7. The molecule has 0 aliphatic heterocycles. The Morgan fingerprint density at radius 2 is 1.56 bits per heavy atom. The fraction of sp³-hybridized carbons (Fsp3) is 0.750. The first-order chi connectivity index (χ1) is 12.9. The van der Waals surface area contributed by atoms with Crippen LogP contribution < -0.4 is 0 Å². The molecule has 0 heterocycles. The average Bonchev–Trinajstić information content (AvgIpc) is 2.67. The summed E-state index contributed by atoms with van der Waals surface area (Å²) in [6.07, 6.45) is 2.37. The zero-order valence-electron chi connectivity index (χ0n) is 15.9. The molecule has 0 rings (SSSR count). The Kier molecular flexibility index (Phi) is 13.1. The van der Waals surface area contributed by atoms with Crippen LogP contribution in [0.2, 0.25) is 0 Å². The van der Waals surface area contributed by atoms with Crippen molar-refractivity contribution in [1.82, 2.24) is 4.90 Å². The summed E-state index contributed by atoms with van der Waals surface area (Å²) in [7, 11) is 3.64. The third-order valence-electron chi connectivity index (χ3n) is 3.78. The van der Waals surface area contributed by atoms with Crippen molar-refractivity contribution in [3.8, 4) is 0 Å². The van der Waals surface area contributed by atoms with E-state index in [0.29, 0.717) is 25.7 Å². The number of hydrogen-bond donors (Lipinski definition) is 0. The maximum atomic E-state index is 12.1. The van der Waals surface area contributed by atoms with E-state index in [1.165, 1.54) is 26.2 Å². The van der Waals surface area contributed by atoms with Crippen molar-refractivity contribution in [1.29, 1.82) is 0 Å². The van der Waals surface area contributed by atoms with Crippen molar-refractivity contribution >= 4 is 23.7 Å². The monoisotopic (exact) mass is 386 g/mol. The van der Waals surface area contributed by atoms with Gasteiger partial charge in [0, 0.05) is 11.3 Å². The summed E-state index contributed by atoms with van der Waals surface area (Å²) in [6, 6.07) is -0.827. The summed E-state index contributed by atoms with van der Waals surface area (Å²) < 4.78 is 14.0. The van der Waals surface area contributed by atoms with Crippen molar-refractivity contribution in [2.75, 3.05) is 41.0 Å². The predicted octanol–water partition coefficient (Wildman–Crippen LogP) is 1.01. The first-order valence-electron chi connectivity index (χ1n) is 8.37. The van der Waals surface area contributed by atoms with E-state index < -0.39 is 23.9 Å². The van der Waals surface area contributed by atoms with Crippen LogP contribution in [0, 0.1) is 0 Å². The number of ketones is 1. The molecule has 0 aliphatic rings. The molecule has 0 unspecified atom stereocenters. The normalized spacial score (nSPS) is 11.3. The fourth-order valence-electron chi connectivity index (χ4n) is 2.35. The molecule has 0 fully saturated rings. The molecule has 152 valence electrons. The quantitative estimate of drug-likeness (QED) is 0.107. The van der Waals surface area contributed by atoms with Gasteiger partial charge in [-0.15, -0.1) is 0 Å². The van der Waals surface area contributed by atoms with E-state index in [9.17, 15) is 19.2 Å². The van der Waals surface area contributed by atoms with E-state index in [2.05, 4.69) is 19.5 Å². The van der Waals surface area contributed by atoms with Crippen LogP contribution in [0.4, 0.5) is 0 Å². The molecule has 27 heavy (non-hydrogen) atoms. The van der Waals surface area contributed by atoms with Crippen molar-refractivity contribution in [3.05, 3.63) is 10.4 Å². The Morgan fingerprint density at radius 3 is 2.04 bits per heavy atom. The van der Waals surface area contributed by atoms with Gasteiger partial charge in [-0.1, -0.05) is 18.0 Å². The van der Waals surface area contributed by atoms with Gasteiger partial charge in [0.2, 0.25) is 0 Å². The van der Waals surface area contributed by atoms with Gasteiger partial charge < -0.3 is 14.2 Å². The van der Waals surface area contributed by atoms with Crippen LogP contribution in [-0.4, -0.2) is 75.6 Å². The first kappa shape index (κ1) is 24.4. The number of unbranched alkanes of at least 4 members (excludes halogenated alkanes) is 2. The number of ether oxygens (including phenoxy) is 3. The van der Waals surface area contributed by atoms with Gasteiger partial charge in [-0.05, 0) is 18.4 Å². The van der Waals surface area contributed by atoms with Crippen LogP contribution in [0.5, 0.6) is 0 Å². The number of Topliss-reactive ketones (excluding diaryl/α,β-unsaturated/α-hetero) is 1. The minimum atomic E-state index is -0.827. The third kappa shape index (κ3) is 10.8. The lowest BCUT2D eigenvalue weighted by atomic mass is 10.0. The summed E-state index contributed by atoms with van der Waals surface area (Å²) in [5, 5.41) is 3.20. The van der Waals surface area contributed by atoms with Crippen molar-refractivity contribution in [3.63, 3.8) is 0 Å². The molecule has 0 aromatic rings. The highest BCUT2D eigenvalue weighted by atomic mass is 16.5. The summed E-state index contributed by atoms with van der Waals surface area (Å²) in [5.41, 5.74) is 8.17. The Morgan fingerprint density at radius 1 is 0.963 bits per heavy atom. The van der Waals surface area contributed by atoms with Gasteiger partial charge in [0.1, 0.15) is 11.8 Å². The molecule has 0 spiro atoms. The van der Waals surface area contributed by atoms with E-state index in [0.717, 1.165) is 0 Å². The maximum Gasteiger partial charge on any atom is 0.323 e. The SMILES string of the molecule is COC(=O)CN(CC(=O)OC)[C@@H](CCCCCC(=O)CN=[N+]=[N-])C(=O)OC. The Balaban J connectivity index is 4.76. The van der Waals surface area contributed by atoms with E-state index >= 15 is 0 Å². The van der Waals surface area contributed by atoms with Crippen molar-refractivity contribution < 1.29 is 33.4 Å². The number of hydrogen-bond acceptors (Lipinski definition) is 9. The van der Waals surface area contributed by atoms with Crippen LogP contribution >= 0.6 is 0 Å². The highest BCUT2D eigenvalue weighted by Crippen LogP contribution is 2.14. The molecule has 0 aromatic heterocycles. The van der Waals surface area contributed by atoms with Crippen LogP contribution in [0.15, 0.2) is 5.11 Å². The molecule has 0 amide bonds. The van der Waals surface area contributed by atoms with Gasteiger partial charge in [-0.25, -0.2) is 0 Å². The molecular weight excluding hydrogens is 360 g/mol. The van der Waals surface area contributed by atoms with Gasteiger partial charge in [0.15, 0.2) is 0 Å². The number of esters is 3. The van der Waals surface area contributed by atoms with Gasteiger partial charge in [0.25, 0.3) is 0 Å². The second kappa shape index (κ2) is 14.5. The second-order valence-corrected chi connectivity index (χ2v) is 5.62. The van der Waals surface area contributed by atoms with E-state index in [1.54, 1.807) is 0 Å². The number of methoxy groups -OCH3 is 3. The molecule has 11 nitrogen and oxygen atoms in total. The summed E-state index contributed by atoms with van der Waals surface area (Å²) >= 11 is 0.